The molecule has 1 amide bonds. The van der Waals surface area contributed by atoms with Crippen molar-refractivity contribution >= 4 is 30.1 Å². The number of fused-ring (bicyclic) bond motifs is 1. The molecule has 2 aromatic rings. The van der Waals surface area contributed by atoms with Gasteiger partial charge in [-0.2, -0.15) is 8.78 Å². The Morgan fingerprint density at radius 3 is 2.54 bits per heavy atom. The Hall–Kier alpha value is -1.71. The van der Waals surface area contributed by atoms with E-state index in [1.165, 1.54) is 0 Å². The summed E-state index contributed by atoms with van der Waals surface area (Å²) in [5.74, 6) is -0.166. The average molecular weight is 430 g/mol. The zero-order valence-corrected chi connectivity index (χ0v) is 16.8. The van der Waals surface area contributed by atoms with Gasteiger partial charge in [0.25, 0.3) is 11.7 Å². The maximum atomic E-state index is 12.7. The van der Waals surface area contributed by atoms with Gasteiger partial charge in [0.15, 0.2) is 0 Å². The fourth-order valence-electron chi connectivity index (χ4n) is 3.72. The highest BCUT2D eigenvalue weighted by Gasteiger charge is 2.29. The smallest absolute Gasteiger partial charge is 0.288 e. The van der Waals surface area contributed by atoms with Crippen molar-refractivity contribution in [1.29, 1.82) is 0 Å². The third-order valence-corrected chi connectivity index (χ3v) is 5.85. The van der Waals surface area contributed by atoms with E-state index in [2.05, 4.69) is 20.1 Å². The number of alkyl halides is 2. The summed E-state index contributed by atoms with van der Waals surface area (Å²) in [6.07, 6.45) is 1.72. The lowest BCUT2D eigenvalue weighted by molar-refractivity contribution is 0.0710. The van der Waals surface area contributed by atoms with Gasteiger partial charge in [-0.25, -0.2) is 0 Å². The van der Waals surface area contributed by atoms with Gasteiger partial charge >= 0.3 is 0 Å². The van der Waals surface area contributed by atoms with Crippen LogP contribution in [0.5, 0.6) is 0 Å². The third kappa shape index (κ3) is 4.47. The minimum atomic E-state index is -2.45. The van der Waals surface area contributed by atoms with Crippen LogP contribution in [0.3, 0.4) is 0 Å². The van der Waals surface area contributed by atoms with Crippen LogP contribution in [0.25, 0.3) is 0 Å². The highest BCUT2D eigenvalue weighted by atomic mass is 35.5. The second-order valence-electron chi connectivity index (χ2n) is 6.77. The molecule has 0 saturated carbocycles. The summed E-state index contributed by atoms with van der Waals surface area (Å²) in [6, 6.07) is 6.41. The van der Waals surface area contributed by atoms with Gasteiger partial charge in [0.2, 0.25) is 0 Å². The minimum Gasteiger partial charge on any atom is -0.339 e. The molecule has 28 heavy (non-hydrogen) atoms. The fourth-order valence-corrected chi connectivity index (χ4v) is 4.22. The van der Waals surface area contributed by atoms with Crippen molar-refractivity contribution in [3.8, 4) is 0 Å². The van der Waals surface area contributed by atoms with Gasteiger partial charge in [-0.1, -0.05) is 11.8 Å². The van der Waals surface area contributed by atoms with Crippen molar-refractivity contribution in [3.63, 3.8) is 0 Å². The number of rotatable bonds is 4. The molecule has 2 aliphatic heterocycles. The topological polar surface area (TPSA) is 63.1 Å². The number of carbonyl (C=O) groups excluding carboxylic acids is 1. The molecule has 1 aromatic carbocycles. The van der Waals surface area contributed by atoms with Crippen molar-refractivity contribution in [3.05, 3.63) is 41.5 Å². The van der Waals surface area contributed by atoms with Crippen molar-refractivity contribution < 1.29 is 13.6 Å². The lowest BCUT2D eigenvalue weighted by Crippen LogP contribution is -2.38. The van der Waals surface area contributed by atoms with E-state index in [4.69, 9.17) is 0 Å². The van der Waals surface area contributed by atoms with Crippen LogP contribution in [0.1, 0.15) is 40.8 Å². The van der Waals surface area contributed by atoms with Crippen molar-refractivity contribution in [1.82, 2.24) is 25.0 Å². The van der Waals surface area contributed by atoms with E-state index in [9.17, 15) is 13.6 Å². The van der Waals surface area contributed by atoms with Gasteiger partial charge < -0.3 is 14.8 Å². The van der Waals surface area contributed by atoms with Crippen molar-refractivity contribution in [2.75, 3.05) is 19.6 Å². The fraction of sp³-hybridized carbons (Fsp3) is 0.500. The molecule has 1 fully saturated rings. The first kappa shape index (κ1) is 21.0. The Bertz CT molecular complexity index is 809. The second-order valence-corrected chi connectivity index (χ2v) is 7.84. The van der Waals surface area contributed by atoms with Crippen LogP contribution in [0.4, 0.5) is 8.78 Å². The molecule has 0 bridgehead atoms. The second kappa shape index (κ2) is 9.19. The summed E-state index contributed by atoms with van der Waals surface area (Å²) < 4.78 is 27.0. The molecule has 1 saturated heterocycles. The van der Waals surface area contributed by atoms with Crippen LogP contribution < -0.4 is 5.32 Å². The summed E-state index contributed by atoms with van der Waals surface area (Å²) in [6.45, 7) is 3.90. The first-order valence-electron chi connectivity index (χ1n) is 9.08. The lowest BCUT2D eigenvalue weighted by atomic mass is 9.95. The molecular formula is C18H22ClF2N5OS. The SMILES string of the molecule is Cl.O=C(c1ccc(SC(F)F)cc1)N1CCC(c2nnc3n2CCNC3)CC1. The van der Waals surface area contributed by atoms with Gasteiger partial charge in [-0.15, -0.1) is 22.6 Å². The van der Waals surface area contributed by atoms with E-state index in [-0.39, 0.29) is 18.3 Å². The Morgan fingerprint density at radius 2 is 1.86 bits per heavy atom. The quantitative estimate of drug-likeness (QED) is 0.756. The number of carbonyl (C=O) groups is 1. The van der Waals surface area contributed by atoms with Gasteiger partial charge in [0.05, 0.1) is 6.54 Å². The van der Waals surface area contributed by atoms with E-state index in [1.807, 2.05) is 4.90 Å². The molecule has 152 valence electrons. The van der Waals surface area contributed by atoms with E-state index in [1.54, 1.807) is 24.3 Å². The Labute approximate surface area is 172 Å². The van der Waals surface area contributed by atoms with Gasteiger partial charge in [-0.05, 0) is 37.1 Å². The van der Waals surface area contributed by atoms with Crippen LogP contribution in [-0.4, -0.2) is 51.0 Å². The summed E-state index contributed by atoms with van der Waals surface area (Å²) in [5.41, 5.74) is 0.540. The number of nitrogens with zero attached hydrogens (tertiary/aromatic N) is 4. The number of piperidine rings is 1. The highest BCUT2D eigenvalue weighted by molar-refractivity contribution is 7.99. The Kier molecular flexibility index (Phi) is 6.90. The summed E-state index contributed by atoms with van der Waals surface area (Å²) in [5, 5.41) is 12.0. The van der Waals surface area contributed by atoms with E-state index >= 15 is 0 Å². The molecule has 3 heterocycles. The van der Waals surface area contributed by atoms with Gasteiger partial charge in [0, 0.05) is 42.6 Å². The zero-order valence-electron chi connectivity index (χ0n) is 15.2. The highest BCUT2D eigenvalue weighted by Crippen LogP contribution is 2.29. The number of halogens is 3. The van der Waals surface area contributed by atoms with Crippen molar-refractivity contribution in [2.24, 2.45) is 0 Å². The van der Waals surface area contributed by atoms with Crippen LogP contribution in [0.15, 0.2) is 29.2 Å². The predicted molar refractivity (Wildman–Crippen MR) is 105 cm³/mol. The number of hydrogen-bond acceptors (Lipinski definition) is 5. The molecule has 1 N–H and O–H groups in total. The predicted octanol–water partition coefficient (Wildman–Crippen LogP) is 3.14. The van der Waals surface area contributed by atoms with Crippen molar-refractivity contribution in [2.45, 2.75) is 42.5 Å². The van der Waals surface area contributed by atoms with Crippen LogP contribution in [0.2, 0.25) is 0 Å². The monoisotopic (exact) mass is 429 g/mol. The summed E-state index contributed by atoms with van der Waals surface area (Å²) in [4.78, 5) is 15.0. The molecule has 0 unspecified atom stereocenters. The molecule has 6 nitrogen and oxygen atoms in total. The number of thioether (sulfide) groups is 1. The number of benzene rings is 1. The van der Waals surface area contributed by atoms with E-state index < -0.39 is 5.76 Å². The molecular weight excluding hydrogens is 408 g/mol. The standard InChI is InChI=1S/C18H21F2N5OS.ClH/c19-18(20)27-14-3-1-13(2-4-14)17(26)24-8-5-12(6-9-24)16-23-22-15-11-21-7-10-25(15)16;/h1-4,12,18,21H,5-11H2;1H. The van der Waals surface area contributed by atoms with E-state index in [0.29, 0.717) is 41.2 Å². The Balaban J connectivity index is 0.00000225. The van der Waals surface area contributed by atoms with Crippen LogP contribution in [0, 0.1) is 0 Å². The maximum absolute atomic E-state index is 12.7. The average Bonchev–Trinajstić information content (AvgIpc) is 3.12. The van der Waals surface area contributed by atoms with Crippen LogP contribution in [-0.2, 0) is 13.1 Å². The summed E-state index contributed by atoms with van der Waals surface area (Å²) in [7, 11) is 0. The number of likely N-dealkylation sites (tertiary alicyclic amines) is 1. The Morgan fingerprint density at radius 1 is 1.14 bits per heavy atom. The summed E-state index contributed by atoms with van der Waals surface area (Å²) >= 11 is 0.486. The number of amides is 1. The lowest BCUT2D eigenvalue weighted by Gasteiger charge is -2.32. The van der Waals surface area contributed by atoms with Gasteiger partial charge in [-0.3, -0.25) is 4.79 Å². The number of aromatic nitrogens is 3. The molecule has 2 aliphatic rings. The third-order valence-electron chi connectivity index (χ3n) is 5.13. The molecule has 10 heteroatoms. The number of nitrogens with one attached hydrogen (secondary N) is 1. The molecule has 0 radical (unpaired) electrons. The molecule has 1 aromatic heterocycles. The van der Waals surface area contributed by atoms with Crippen LogP contribution >= 0.6 is 24.2 Å². The molecule has 0 aliphatic carbocycles. The number of hydrogen-bond donors (Lipinski definition) is 1. The maximum Gasteiger partial charge on any atom is 0.288 e. The normalized spacial score (nSPS) is 17.3. The van der Waals surface area contributed by atoms with Gasteiger partial charge in [0.1, 0.15) is 11.6 Å². The minimum absolute atomic E-state index is 0. The first-order chi connectivity index (χ1) is 13.1. The first-order valence-corrected chi connectivity index (χ1v) is 9.96. The molecule has 4 rings (SSSR count). The molecule has 0 spiro atoms. The largest absolute Gasteiger partial charge is 0.339 e. The zero-order chi connectivity index (χ0) is 18.8. The molecule has 0 atom stereocenters. The van der Waals surface area contributed by atoms with E-state index in [0.717, 1.165) is 44.1 Å².